The summed E-state index contributed by atoms with van der Waals surface area (Å²) in [4.78, 5) is 24.9. The summed E-state index contributed by atoms with van der Waals surface area (Å²) in [5.74, 6) is -0.631. The molecular formula is C29H32F2N6O5S. The molecule has 1 amide bonds. The summed E-state index contributed by atoms with van der Waals surface area (Å²) >= 11 is 0. The van der Waals surface area contributed by atoms with Gasteiger partial charge in [0.1, 0.15) is 23.0 Å². The third kappa shape index (κ3) is 5.86. The van der Waals surface area contributed by atoms with Crippen LogP contribution in [0.5, 0.6) is 11.5 Å². The van der Waals surface area contributed by atoms with Gasteiger partial charge in [-0.1, -0.05) is 0 Å². The van der Waals surface area contributed by atoms with Crippen molar-refractivity contribution >= 4 is 33.3 Å². The summed E-state index contributed by atoms with van der Waals surface area (Å²) in [6.07, 6.45) is 2.48. The largest absolute Gasteiger partial charge is 0.496 e. The Hall–Kier alpha value is -3.88. The van der Waals surface area contributed by atoms with Crippen LogP contribution in [0.3, 0.4) is 0 Å². The number of rotatable bonds is 9. The number of hydrogen-bond donors (Lipinski definition) is 1. The van der Waals surface area contributed by atoms with E-state index in [1.165, 1.54) is 19.2 Å². The third-order valence-electron chi connectivity index (χ3n) is 7.84. The minimum absolute atomic E-state index is 0.0692. The molecule has 2 fully saturated rings. The number of likely N-dealkylation sites (N-methyl/N-ethyl adjacent to an activating group) is 1. The Bertz CT molecular complexity index is 1660. The highest BCUT2D eigenvalue weighted by molar-refractivity contribution is 7.90. The van der Waals surface area contributed by atoms with E-state index in [0.717, 1.165) is 30.7 Å². The van der Waals surface area contributed by atoms with Crippen molar-refractivity contribution in [3.8, 4) is 22.8 Å². The molecule has 0 radical (unpaired) electrons. The van der Waals surface area contributed by atoms with Crippen molar-refractivity contribution < 1.29 is 31.5 Å². The molecule has 228 valence electrons. The van der Waals surface area contributed by atoms with Gasteiger partial charge in [0, 0.05) is 62.1 Å². The van der Waals surface area contributed by atoms with Gasteiger partial charge in [-0.3, -0.25) is 9.69 Å². The molecule has 3 aromatic rings. The second kappa shape index (κ2) is 11.7. The Kier molecular flexibility index (Phi) is 7.92. The van der Waals surface area contributed by atoms with Crippen molar-refractivity contribution in [1.29, 1.82) is 0 Å². The molecular weight excluding hydrogens is 582 g/mol. The number of halogens is 2. The van der Waals surface area contributed by atoms with E-state index in [4.69, 9.17) is 9.47 Å². The zero-order valence-corrected chi connectivity index (χ0v) is 24.7. The molecule has 2 aromatic carbocycles. The zero-order valence-electron chi connectivity index (χ0n) is 23.8. The molecule has 43 heavy (non-hydrogen) atoms. The van der Waals surface area contributed by atoms with Crippen LogP contribution in [0, 0.1) is 11.6 Å². The first kappa shape index (κ1) is 29.2. The maximum absolute atomic E-state index is 14.8. The van der Waals surface area contributed by atoms with E-state index in [1.54, 1.807) is 15.3 Å². The number of aromatic nitrogens is 2. The highest BCUT2D eigenvalue weighted by Gasteiger charge is 2.41. The number of hydrogen-bond acceptors (Lipinski definition) is 9. The van der Waals surface area contributed by atoms with E-state index in [2.05, 4.69) is 20.2 Å². The number of methoxy groups -OCH3 is 1. The summed E-state index contributed by atoms with van der Waals surface area (Å²) in [5, 5.41) is 2.88. The predicted molar refractivity (Wildman–Crippen MR) is 156 cm³/mol. The van der Waals surface area contributed by atoms with Crippen LogP contribution in [0.15, 0.2) is 36.5 Å². The molecule has 14 heteroatoms. The lowest BCUT2D eigenvalue weighted by molar-refractivity contribution is -0.121. The second-order valence-corrected chi connectivity index (χ2v) is 12.9. The normalized spacial score (nSPS) is 17.9. The van der Waals surface area contributed by atoms with Crippen LogP contribution in [0.25, 0.3) is 11.3 Å². The number of nitrogens with one attached hydrogen (secondary N) is 1. The van der Waals surface area contributed by atoms with Crippen molar-refractivity contribution in [3.05, 3.63) is 53.7 Å². The van der Waals surface area contributed by atoms with Crippen LogP contribution in [0.1, 0.15) is 25.3 Å². The average molecular weight is 615 g/mol. The van der Waals surface area contributed by atoms with Crippen LogP contribution in [0.4, 0.5) is 26.1 Å². The highest BCUT2D eigenvalue weighted by atomic mass is 32.2. The van der Waals surface area contributed by atoms with E-state index < -0.39 is 21.7 Å². The number of fused-ring (bicyclic) bond motifs is 1. The molecule has 0 bridgehead atoms. The Morgan fingerprint density at radius 1 is 1.12 bits per heavy atom. The number of ether oxygens (including phenoxy) is 2. The summed E-state index contributed by atoms with van der Waals surface area (Å²) in [6, 6.07) is 7.35. The van der Waals surface area contributed by atoms with Gasteiger partial charge in [0.25, 0.3) is 5.91 Å². The number of carbonyl (C=O) groups is 1. The standard InChI is InChI=1S/C29H32F2N6O5S/c1-3-37-24-14-20(33-29-32-15-23(31)27(34-29)22-7-4-19(30)13-25(22)41-2)12-18(28(24)42-17-26(37)38)16-35-8-10-36(11-9-35)43(39,40)21-5-6-21/h4,7,12-15,21H,3,5-6,8-11,16-17H2,1-2H3,(H,32,33,34). The summed E-state index contributed by atoms with van der Waals surface area (Å²) in [5.41, 5.74) is 2.12. The molecule has 1 N–H and O–H groups in total. The van der Waals surface area contributed by atoms with Crippen molar-refractivity contribution in [3.63, 3.8) is 0 Å². The molecule has 3 heterocycles. The predicted octanol–water partition coefficient (Wildman–Crippen LogP) is 3.53. The average Bonchev–Trinajstić information content (AvgIpc) is 3.85. The summed E-state index contributed by atoms with van der Waals surface area (Å²) < 4.78 is 66.7. The maximum atomic E-state index is 14.8. The van der Waals surface area contributed by atoms with E-state index in [0.29, 0.717) is 56.4 Å². The Morgan fingerprint density at radius 3 is 2.58 bits per heavy atom. The van der Waals surface area contributed by atoms with Gasteiger partial charge in [-0.05, 0) is 44.0 Å². The van der Waals surface area contributed by atoms with Crippen molar-refractivity contribution in [2.75, 3.05) is 56.7 Å². The molecule has 0 spiro atoms. The van der Waals surface area contributed by atoms with E-state index >= 15 is 0 Å². The van der Waals surface area contributed by atoms with Crippen LogP contribution in [0.2, 0.25) is 0 Å². The van der Waals surface area contributed by atoms with Crippen LogP contribution >= 0.6 is 0 Å². The van der Waals surface area contributed by atoms with Crippen molar-refractivity contribution in [1.82, 2.24) is 19.2 Å². The second-order valence-electron chi connectivity index (χ2n) is 10.7. The number of nitrogens with zero attached hydrogens (tertiary/aromatic N) is 5. The highest BCUT2D eigenvalue weighted by Crippen LogP contribution is 2.40. The number of piperazine rings is 1. The molecule has 2 aliphatic heterocycles. The van der Waals surface area contributed by atoms with E-state index in [-0.39, 0.29) is 40.7 Å². The first-order chi connectivity index (χ1) is 20.7. The first-order valence-corrected chi connectivity index (χ1v) is 15.6. The number of carbonyl (C=O) groups excluding carboxylic acids is 1. The van der Waals surface area contributed by atoms with Crippen LogP contribution in [-0.2, 0) is 21.4 Å². The monoisotopic (exact) mass is 614 g/mol. The quantitative estimate of drug-likeness (QED) is 0.386. The van der Waals surface area contributed by atoms with Gasteiger partial charge in [0.2, 0.25) is 16.0 Å². The first-order valence-electron chi connectivity index (χ1n) is 14.1. The zero-order chi connectivity index (χ0) is 30.3. The number of benzene rings is 2. The lowest BCUT2D eigenvalue weighted by atomic mass is 10.1. The van der Waals surface area contributed by atoms with Gasteiger partial charge >= 0.3 is 0 Å². The molecule has 1 saturated heterocycles. The Morgan fingerprint density at radius 2 is 1.88 bits per heavy atom. The Balaban J connectivity index is 1.29. The smallest absolute Gasteiger partial charge is 0.265 e. The van der Waals surface area contributed by atoms with Gasteiger partial charge in [-0.25, -0.2) is 27.2 Å². The van der Waals surface area contributed by atoms with E-state index in [1.807, 2.05) is 13.0 Å². The number of anilines is 3. The molecule has 1 aromatic heterocycles. The van der Waals surface area contributed by atoms with Gasteiger partial charge in [0.15, 0.2) is 12.4 Å². The molecule has 1 saturated carbocycles. The fourth-order valence-electron chi connectivity index (χ4n) is 5.49. The fraction of sp³-hybridized carbons (Fsp3) is 0.414. The number of sulfonamides is 1. The minimum atomic E-state index is -3.23. The van der Waals surface area contributed by atoms with Gasteiger partial charge < -0.3 is 19.7 Å². The van der Waals surface area contributed by atoms with Gasteiger partial charge in [-0.2, -0.15) is 4.31 Å². The fourth-order valence-corrected chi connectivity index (χ4v) is 7.31. The topological polar surface area (TPSA) is 117 Å². The van der Waals surface area contributed by atoms with Crippen molar-refractivity contribution in [2.24, 2.45) is 0 Å². The minimum Gasteiger partial charge on any atom is -0.496 e. The lowest BCUT2D eigenvalue weighted by Crippen LogP contribution is -2.49. The summed E-state index contributed by atoms with van der Waals surface area (Å²) in [7, 11) is -1.87. The molecule has 1 aliphatic carbocycles. The van der Waals surface area contributed by atoms with Gasteiger partial charge in [0.05, 0.1) is 24.2 Å². The van der Waals surface area contributed by atoms with E-state index in [9.17, 15) is 22.0 Å². The maximum Gasteiger partial charge on any atom is 0.265 e. The van der Waals surface area contributed by atoms with Crippen LogP contribution < -0.4 is 19.7 Å². The van der Waals surface area contributed by atoms with Crippen LogP contribution in [-0.4, -0.2) is 85.2 Å². The molecule has 6 rings (SSSR count). The molecule has 0 unspecified atom stereocenters. The molecule has 3 aliphatic rings. The Labute approximate surface area is 248 Å². The van der Waals surface area contributed by atoms with Crippen molar-refractivity contribution in [2.45, 2.75) is 31.6 Å². The van der Waals surface area contributed by atoms with Gasteiger partial charge in [-0.15, -0.1) is 0 Å². The summed E-state index contributed by atoms with van der Waals surface area (Å²) in [6.45, 7) is 4.62. The number of amides is 1. The molecule has 11 nitrogen and oxygen atoms in total. The third-order valence-corrected chi connectivity index (χ3v) is 10.2. The SMILES string of the molecule is CCN1C(=O)COc2c(CN3CCN(S(=O)(=O)C4CC4)CC3)cc(Nc3ncc(F)c(-c4ccc(F)cc4OC)n3)cc21. The molecule has 0 atom stereocenters. The lowest BCUT2D eigenvalue weighted by Gasteiger charge is -2.35.